The lowest BCUT2D eigenvalue weighted by molar-refractivity contribution is 0.101. The topological polar surface area (TPSA) is 65.1 Å². The Morgan fingerprint density at radius 2 is 2.19 bits per heavy atom. The van der Waals surface area contributed by atoms with Crippen molar-refractivity contribution in [3.8, 4) is 0 Å². The van der Waals surface area contributed by atoms with E-state index in [1.54, 1.807) is 17.1 Å². The van der Waals surface area contributed by atoms with E-state index in [2.05, 4.69) is 21.2 Å². The summed E-state index contributed by atoms with van der Waals surface area (Å²) in [6.45, 7) is 2.07. The molecule has 0 spiro atoms. The summed E-state index contributed by atoms with van der Waals surface area (Å²) < 4.78 is 3.55. The molecule has 6 nitrogen and oxygen atoms in total. The standard InChI is InChI=1S/C15H15N5O/c1-10(21)12-6-16-19(7-12)8-13-9-20-15(17-13)5-4-14(18-20)11-2-3-11/h4-7,9,11H,2-3,8H2,1H3. The molecular weight excluding hydrogens is 266 g/mol. The zero-order valence-electron chi connectivity index (χ0n) is 11.7. The van der Waals surface area contributed by atoms with Crippen LogP contribution in [-0.2, 0) is 6.54 Å². The third-order valence-corrected chi connectivity index (χ3v) is 3.75. The number of nitrogens with zero attached hydrogens (tertiary/aromatic N) is 5. The van der Waals surface area contributed by atoms with E-state index in [0.29, 0.717) is 18.0 Å². The average Bonchev–Trinajstić information content (AvgIpc) is 3.07. The fourth-order valence-electron chi connectivity index (χ4n) is 2.42. The maximum absolute atomic E-state index is 11.3. The maximum Gasteiger partial charge on any atom is 0.162 e. The van der Waals surface area contributed by atoms with Gasteiger partial charge >= 0.3 is 0 Å². The van der Waals surface area contributed by atoms with E-state index in [1.165, 1.54) is 19.8 Å². The van der Waals surface area contributed by atoms with Crippen LogP contribution in [0.4, 0.5) is 0 Å². The molecule has 0 atom stereocenters. The summed E-state index contributed by atoms with van der Waals surface area (Å²) in [5, 5.41) is 8.79. The van der Waals surface area contributed by atoms with Crippen molar-refractivity contribution in [2.24, 2.45) is 0 Å². The predicted octanol–water partition coefficient (Wildman–Crippen LogP) is 2.05. The minimum Gasteiger partial charge on any atom is -0.294 e. The van der Waals surface area contributed by atoms with Gasteiger partial charge in [0.25, 0.3) is 0 Å². The van der Waals surface area contributed by atoms with E-state index in [0.717, 1.165) is 17.0 Å². The number of fused-ring (bicyclic) bond motifs is 1. The first-order valence-corrected chi connectivity index (χ1v) is 7.07. The van der Waals surface area contributed by atoms with E-state index < -0.39 is 0 Å². The molecule has 0 radical (unpaired) electrons. The summed E-state index contributed by atoms with van der Waals surface area (Å²) in [5.74, 6) is 0.650. The van der Waals surface area contributed by atoms with Gasteiger partial charge in [-0.3, -0.25) is 9.48 Å². The van der Waals surface area contributed by atoms with Crippen LogP contribution in [0.2, 0.25) is 0 Å². The molecule has 1 fully saturated rings. The molecular formula is C15H15N5O. The van der Waals surface area contributed by atoms with Crippen LogP contribution < -0.4 is 0 Å². The molecule has 1 aliphatic rings. The Morgan fingerprint density at radius 1 is 1.33 bits per heavy atom. The number of imidazole rings is 1. The van der Waals surface area contributed by atoms with Gasteiger partial charge in [0.2, 0.25) is 0 Å². The second kappa shape index (κ2) is 4.51. The molecule has 0 amide bonds. The fraction of sp³-hybridized carbons (Fsp3) is 0.333. The molecule has 6 heteroatoms. The first-order valence-electron chi connectivity index (χ1n) is 7.07. The molecule has 3 aromatic rings. The minimum absolute atomic E-state index is 0.0204. The van der Waals surface area contributed by atoms with Crippen LogP contribution in [0.3, 0.4) is 0 Å². The number of hydrogen-bond donors (Lipinski definition) is 0. The van der Waals surface area contributed by atoms with Crippen molar-refractivity contribution in [2.75, 3.05) is 0 Å². The van der Waals surface area contributed by atoms with E-state index >= 15 is 0 Å². The van der Waals surface area contributed by atoms with Gasteiger partial charge in [0.15, 0.2) is 11.4 Å². The molecule has 3 heterocycles. The quantitative estimate of drug-likeness (QED) is 0.687. The Hall–Kier alpha value is -2.50. The smallest absolute Gasteiger partial charge is 0.162 e. The maximum atomic E-state index is 11.3. The van der Waals surface area contributed by atoms with E-state index in [9.17, 15) is 4.79 Å². The number of carbonyl (C=O) groups excluding carboxylic acids is 1. The van der Waals surface area contributed by atoms with E-state index in [-0.39, 0.29) is 5.78 Å². The van der Waals surface area contributed by atoms with Gasteiger partial charge in [0.05, 0.1) is 35.9 Å². The Morgan fingerprint density at radius 3 is 2.90 bits per heavy atom. The predicted molar refractivity (Wildman–Crippen MR) is 76.3 cm³/mol. The molecule has 0 N–H and O–H groups in total. The Labute approximate surface area is 121 Å². The molecule has 0 aromatic carbocycles. The van der Waals surface area contributed by atoms with Gasteiger partial charge in [-0.05, 0) is 31.9 Å². The summed E-state index contributed by atoms with van der Waals surface area (Å²) in [6.07, 6.45) is 7.73. The van der Waals surface area contributed by atoms with Gasteiger partial charge < -0.3 is 0 Å². The van der Waals surface area contributed by atoms with E-state index in [4.69, 9.17) is 0 Å². The van der Waals surface area contributed by atoms with Crippen molar-refractivity contribution in [1.29, 1.82) is 0 Å². The summed E-state index contributed by atoms with van der Waals surface area (Å²) in [7, 11) is 0. The van der Waals surface area contributed by atoms with Crippen LogP contribution in [0.5, 0.6) is 0 Å². The highest BCUT2D eigenvalue weighted by atomic mass is 16.1. The van der Waals surface area contributed by atoms with Gasteiger partial charge in [-0.1, -0.05) is 0 Å². The molecule has 0 unspecified atom stereocenters. The second-order valence-electron chi connectivity index (χ2n) is 5.55. The Kier molecular flexibility index (Phi) is 2.63. The number of Topliss-reactive ketones (excluding diaryl/α,β-unsaturated/α-hetero) is 1. The normalized spacial score (nSPS) is 14.7. The van der Waals surface area contributed by atoms with Crippen LogP contribution in [0, 0.1) is 0 Å². The van der Waals surface area contributed by atoms with Gasteiger partial charge in [0, 0.05) is 12.1 Å². The summed E-state index contributed by atoms with van der Waals surface area (Å²) >= 11 is 0. The SMILES string of the molecule is CC(=O)c1cnn(Cc2cn3nc(C4CC4)ccc3n2)c1. The van der Waals surface area contributed by atoms with E-state index in [1.807, 2.05) is 16.8 Å². The van der Waals surface area contributed by atoms with Crippen LogP contribution in [0.15, 0.2) is 30.7 Å². The zero-order valence-corrected chi connectivity index (χ0v) is 11.7. The highest BCUT2D eigenvalue weighted by molar-refractivity contribution is 5.93. The lowest BCUT2D eigenvalue weighted by Gasteiger charge is -1.96. The van der Waals surface area contributed by atoms with Gasteiger partial charge in [-0.2, -0.15) is 10.2 Å². The zero-order chi connectivity index (χ0) is 14.4. The lowest BCUT2D eigenvalue weighted by atomic mass is 10.3. The fourth-order valence-corrected chi connectivity index (χ4v) is 2.42. The highest BCUT2D eigenvalue weighted by Crippen LogP contribution is 2.38. The average molecular weight is 281 g/mol. The number of hydrogen-bond acceptors (Lipinski definition) is 4. The molecule has 0 bridgehead atoms. The summed E-state index contributed by atoms with van der Waals surface area (Å²) in [6, 6.07) is 4.07. The third kappa shape index (κ3) is 2.33. The largest absolute Gasteiger partial charge is 0.294 e. The Bertz CT molecular complexity index is 828. The number of rotatable bonds is 4. The molecule has 21 heavy (non-hydrogen) atoms. The van der Waals surface area contributed by atoms with Gasteiger partial charge in [-0.25, -0.2) is 9.50 Å². The van der Waals surface area contributed by atoms with Crippen molar-refractivity contribution < 1.29 is 4.79 Å². The first-order chi connectivity index (χ1) is 10.2. The molecule has 4 rings (SSSR count). The number of aromatic nitrogens is 5. The van der Waals surface area contributed by atoms with Crippen LogP contribution in [-0.4, -0.2) is 30.2 Å². The van der Waals surface area contributed by atoms with Crippen molar-refractivity contribution in [3.63, 3.8) is 0 Å². The molecule has 1 saturated carbocycles. The summed E-state index contributed by atoms with van der Waals surface area (Å²) in [5.41, 5.74) is 3.49. The van der Waals surface area contributed by atoms with Crippen molar-refractivity contribution in [2.45, 2.75) is 32.2 Å². The lowest BCUT2D eigenvalue weighted by Crippen LogP contribution is -2.00. The van der Waals surface area contributed by atoms with Crippen LogP contribution >= 0.6 is 0 Å². The highest BCUT2D eigenvalue weighted by Gasteiger charge is 2.25. The number of ketones is 1. The first kappa shape index (κ1) is 12.3. The minimum atomic E-state index is 0.0204. The van der Waals surface area contributed by atoms with Crippen molar-refractivity contribution in [1.82, 2.24) is 24.4 Å². The van der Waals surface area contributed by atoms with Gasteiger partial charge in [0.1, 0.15) is 0 Å². The van der Waals surface area contributed by atoms with Crippen LogP contribution in [0.25, 0.3) is 5.65 Å². The molecule has 0 saturated heterocycles. The van der Waals surface area contributed by atoms with Crippen LogP contribution in [0.1, 0.15) is 47.4 Å². The number of carbonyl (C=O) groups is 1. The molecule has 0 aliphatic heterocycles. The molecule has 3 aromatic heterocycles. The monoisotopic (exact) mass is 281 g/mol. The molecule has 1 aliphatic carbocycles. The van der Waals surface area contributed by atoms with Crippen molar-refractivity contribution in [3.05, 3.63) is 47.7 Å². The van der Waals surface area contributed by atoms with Crippen molar-refractivity contribution >= 4 is 11.4 Å². The summed E-state index contributed by atoms with van der Waals surface area (Å²) in [4.78, 5) is 15.8. The second-order valence-corrected chi connectivity index (χ2v) is 5.55. The third-order valence-electron chi connectivity index (χ3n) is 3.75. The Balaban J connectivity index is 1.61. The molecule has 106 valence electrons. The van der Waals surface area contributed by atoms with Gasteiger partial charge in [-0.15, -0.1) is 0 Å².